The average Bonchev–Trinajstić information content (AvgIpc) is 2.64. The lowest BCUT2D eigenvalue weighted by atomic mass is 10.1. The van der Waals surface area contributed by atoms with E-state index in [-0.39, 0.29) is 17.4 Å². The quantitative estimate of drug-likeness (QED) is 0.413. The molecule has 27 heavy (non-hydrogen) atoms. The molecule has 138 valence electrons. The lowest BCUT2D eigenvalue weighted by Crippen LogP contribution is -2.16. The van der Waals surface area contributed by atoms with Crippen molar-refractivity contribution in [3.63, 3.8) is 0 Å². The van der Waals surface area contributed by atoms with Gasteiger partial charge in [-0.05, 0) is 59.1 Å². The topological polar surface area (TPSA) is 54.9 Å². The Balaban J connectivity index is 1.74. The number of carbonyl (C=O) groups is 1. The smallest absolute Gasteiger partial charge is 0.275 e. The first-order valence-electron chi connectivity index (χ1n) is 8.21. The van der Waals surface area contributed by atoms with Crippen LogP contribution in [0.25, 0.3) is 0 Å². The zero-order chi connectivity index (χ0) is 19.4. The highest BCUT2D eigenvalue weighted by atomic mass is 79.9. The van der Waals surface area contributed by atoms with E-state index >= 15 is 0 Å². The third-order valence-electron chi connectivity index (χ3n) is 3.85. The number of carbonyl (C=O) groups excluding carboxylic acids is 1. The second kappa shape index (κ2) is 8.63. The SMILES string of the molecule is Cc1ccc(NC(=O)c2nc(SCc3ccc(F)cc3)ncc2Br)c(C)c1. The first-order valence-corrected chi connectivity index (χ1v) is 9.98. The molecule has 0 aliphatic carbocycles. The predicted octanol–water partition coefficient (Wildman–Crippen LogP) is 5.54. The molecule has 0 bridgehead atoms. The van der Waals surface area contributed by atoms with E-state index in [9.17, 15) is 9.18 Å². The maximum Gasteiger partial charge on any atom is 0.275 e. The lowest BCUT2D eigenvalue weighted by Gasteiger charge is -2.10. The van der Waals surface area contributed by atoms with Gasteiger partial charge in [0.05, 0.1) is 4.47 Å². The Morgan fingerprint density at radius 2 is 1.93 bits per heavy atom. The molecule has 0 spiro atoms. The van der Waals surface area contributed by atoms with Crippen molar-refractivity contribution in [1.82, 2.24) is 9.97 Å². The van der Waals surface area contributed by atoms with Gasteiger partial charge in [-0.25, -0.2) is 14.4 Å². The van der Waals surface area contributed by atoms with E-state index in [0.717, 1.165) is 22.4 Å². The van der Waals surface area contributed by atoms with Crippen LogP contribution >= 0.6 is 27.7 Å². The Bertz CT molecular complexity index is 979. The third kappa shape index (κ3) is 5.14. The van der Waals surface area contributed by atoms with E-state index in [1.165, 1.54) is 23.9 Å². The summed E-state index contributed by atoms with van der Waals surface area (Å²) in [7, 11) is 0. The van der Waals surface area contributed by atoms with Crippen molar-refractivity contribution in [2.75, 3.05) is 5.32 Å². The molecule has 3 rings (SSSR count). The molecule has 7 heteroatoms. The molecule has 0 aliphatic rings. The van der Waals surface area contributed by atoms with Gasteiger partial charge in [-0.2, -0.15) is 0 Å². The molecule has 0 fully saturated rings. The number of anilines is 1. The van der Waals surface area contributed by atoms with E-state index in [1.807, 2.05) is 32.0 Å². The zero-order valence-corrected chi connectivity index (χ0v) is 17.2. The summed E-state index contributed by atoms with van der Waals surface area (Å²) in [5, 5.41) is 3.37. The van der Waals surface area contributed by atoms with Crippen LogP contribution in [-0.4, -0.2) is 15.9 Å². The Labute approximate surface area is 169 Å². The normalized spacial score (nSPS) is 10.7. The Morgan fingerprint density at radius 3 is 2.63 bits per heavy atom. The van der Waals surface area contributed by atoms with Gasteiger partial charge in [0.15, 0.2) is 5.16 Å². The standard InChI is InChI=1S/C20H17BrFN3OS/c1-12-3-8-17(13(2)9-12)24-19(26)18-16(21)10-23-20(25-18)27-11-14-4-6-15(22)7-5-14/h3-10H,11H2,1-2H3,(H,24,26). The second-order valence-electron chi connectivity index (χ2n) is 6.04. The van der Waals surface area contributed by atoms with E-state index < -0.39 is 0 Å². The zero-order valence-electron chi connectivity index (χ0n) is 14.8. The fraction of sp³-hybridized carbons (Fsp3) is 0.150. The molecule has 1 aromatic heterocycles. The largest absolute Gasteiger partial charge is 0.320 e. The lowest BCUT2D eigenvalue weighted by molar-refractivity contribution is 0.102. The van der Waals surface area contributed by atoms with Gasteiger partial charge in [-0.15, -0.1) is 0 Å². The van der Waals surface area contributed by atoms with Gasteiger partial charge in [-0.1, -0.05) is 41.6 Å². The number of nitrogens with one attached hydrogen (secondary N) is 1. The van der Waals surface area contributed by atoms with Gasteiger partial charge in [-0.3, -0.25) is 4.79 Å². The van der Waals surface area contributed by atoms with E-state index in [4.69, 9.17) is 0 Å². The third-order valence-corrected chi connectivity index (χ3v) is 5.36. The molecule has 2 aromatic carbocycles. The fourth-order valence-corrected chi connectivity index (χ4v) is 3.59. The monoisotopic (exact) mass is 445 g/mol. The number of aryl methyl sites for hydroxylation is 2. The molecule has 1 amide bonds. The van der Waals surface area contributed by atoms with Gasteiger partial charge in [0.25, 0.3) is 5.91 Å². The van der Waals surface area contributed by atoms with Gasteiger partial charge in [0, 0.05) is 17.6 Å². The van der Waals surface area contributed by atoms with Gasteiger partial charge in [0.1, 0.15) is 11.5 Å². The van der Waals surface area contributed by atoms with E-state index in [2.05, 4.69) is 31.2 Å². The number of thioether (sulfide) groups is 1. The number of aromatic nitrogens is 2. The van der Waals surface area contributed by atoms with Crippen molar-refractivity contribution in [3.8, 4) is 0 Å². The second-order valence-corrected chi connectivity index (χ2v) is 7.83. The number of halogens is 2. The molecule has 4 nitrogen and oxygen atoms in total. The molecule has 1 N–H and O–H groups in total. The Morgan fingerprint density at radius 1 is 1.19 bits per heavy atom. The molecule has 0 radical (unpaired) electrons. The summed E-state index contributed by atoms with van der Waals surface area (Å²) in [6.45, 7) is 3.95. The summed E-state index contributed by atoms with van der Waals surface area (Å²) >= 11 is 4.73. The first kappa shape index (κ1) is 19.5. The minimum Gasteiger partial charge on any atom is -0.320 e. The van der Waals surface area contributed by atoms with Crippen molar-refractivity contribution < 1.29 is 9.18 Å². The van der Waals surface area contributed by atoms with Gasteiger partial charge in [0.2, 0.25) is 0 Å². The Kier molecular flexibility index (Phi) is 6.23. The molecule has 3 aromatic rings. The maximum atomic E-state index is 13.0. The summed E-state index contributed by atoms with van der Waals surface area (Å²) in [6.07, 6.45) is 1.57. The van der Waals surface area contributed by atoms with Crippen LogP contribution in [-0.2, 0) is 5.75 Å². The summed E-state index contributed by atoms with van der Waals surface area (Å²) in [4.78, 5) is 21.3. The van der Waals surface area contributed by atoms with Crippen molar-refractivity contribution in [2.45, 2.75) is 24.8 Å². The van der Waals surface area contributed by atoms with Crippen LogP contribution in [0, 0.1) is 19.7 Å². The molecular formula is C20H17BrFN3OS. The fourth-order valence-electron chi connectivity index (χ4n) is 2.44. The number of amides is 1. The summed E-state index contributed by atoms with van der Waals surface area (Å²) < 4.78 is 13.5. The van der Waals surface area contributed by atoms with Crippen molar-refractivity contribution in [3.05, 3.63) is 81.3 Å². The molecule has 0 unspecified atom stereocenters. The minimum atomic E-state index is -0.306. The van der Waals surface area contributed by atoms with Crippen LogP contribution in [0.5, 0.6) is 0 Å². The first-order chi connectivity index (χ1) is 12.9. The van der Waals surface area contributed by atoms with Crippen molar-refractivity contribution in [1.29, 1.82) is 0 Å². The average molecular weight is 446 g/mol. The van der Waals surface area contributed by atoms with Crippen LogP contribution in [0.1, 0.15) is 27.2 Å². The van der Waals surface area contributed by atoms with Crippen LogP contribution in [0.3, 0.4) is 0 Å². The summed E-state index contributed by atoms with van der Waals surface area (Å²) in [5.41, 5.74) is 4.09. The minimum absolute atomic E-state index is 0.269. The van der Waals surface area contributed by atoms with E-state index in [1.54, 1.807) is 18.3 Å². The maximum absolute atomic E-state index is 13.0. The van der Waals surface area contributed by atoms with Crippen molar-refractivity contribution >= 4 is 39.3 Å². The number of hydrogen-bond donors (Lipinski definition) is 1. The van der Waals surface area contributed by atoms with E-state index in [0.29, 0.717) is 15.4 Å². The van der Waals surface area contributed by atoms with Crippen LogP contribution < -0.4 is 5.32 Å². The van der Waals surface area contributed by atoms with Crippen LogP contribution in [0.4, 0.5) is 10.1 Å². The van der Waals surface area contributed by atoms with Crippen molar-refractivity contribution in [2.24, 2.45) is 0 Å². The number of nitrogens with zero attached hydrogens (tertiary/aromatic N) is 2. The molecule has 0 saturated carbocycles. The van der Waals surface area contributed by atoms with Gasteiger partial charge < -0.3 is 5.32 Å². The highest BCUT2D eigenvalue weighted by Crippen LogP contribution is 2.24. The molecule has 0 saturated heterocycles. The Hall–Kier alpha value is -2.25. The van der Waals surface area contributed by atoms with Crippen LogP contribution in [0.15, 0.2) is 58.3 Å². The molecule has 0 aliphatic heterocycles. The number of benzene rings is 2. The molecule has 1 heterocycles. The highest BCUT2D eigenvalue weighted by Gasteiger charge is 2.15. The molecule has 0 atom stereocenters. The predicted molar refractivity (Wildman–Crippen MR) is 110 cm³/mol. The number of hydrogen-bond acceptors (Lipinski definition) is 4. The van der Waals surface area contributed by atoms with Crippen LogP contribution in [0.2, 0.25) is 0 Å². The van der Waals surface area contributed by atoms with Gasteiger partial charge >= 0.3 is 0 Å². The molecular weight excluding hydrogens is 429 g/mol. The highest BCUT2D eigenvalue weighted by molar-refractivity contribution is 9.10. The number of rotatable bonds is 5. The summed E-state index contributed by atoms with van der Waals surface area (Å²) in [6, 6.07) is 12.1. The summed E-state index contributed by atoms with van der Waals surface area (Å²) in [5.74, 6) is 0.00824.